The maximum atomic E-state index is 12.1. The van der Waals surface area contributed by atoms with Crippen molar-refractivity contribution in [1.29, 1.82) is 0 Å². The molecule has 1 aliphatic heterocycles. The molecule has 0 spiro atoms. The van der Waals surface area contributed by atoms with Crippen LogP contribution in [0.1, 0.15) is 12.0 Å². The molecule has 2 rings (SSSR count). The average molecular weight is 325 g/mol. The largest absolute Gasteiger partial charge is 0.437 e. The number of ketones is 1. The van der Waals surface area contributed by atoms with E-state index in [9.17, 15) is 18.2 Å². The molecule has 0 aromatic heterocycles. The van der Waals surface area contributed by atoms with Crippen LogP contribution in [0.25, 0.3) is 0 Å². The first kappa shape index (κ1) is 17.1. The third kappa shape index (κ3) is 4.39. The van der Waals surface area contributed by atoms with Gasteiger partial charge in [-0.2, -0.15) is 8.42 Å². The Morgan fingerprint density at radius 1 is 1.36 bits per heavy atom. The monoisotopic (exact) mass is 325 g/mol. The van der Waals surface area contributed by atoms with Gasteiger partial charge in [-0.1, -0.05) is 17.7 Å². The minimum atomic E-state index is -3.82. The molecule has 120 valence electrons. The maximum absolute atomic E-state index is 12.1. The number of hydrogen-bond acceptors (Lipinski definition) is 6. The minimum Gasteiger partial charge on any atom is -0.437 e. The van der Waals surface area contributed by atoms with Gasteiger partial charge in [0.05, 0.1) is 11.5 Å². The molecule has 1 atom stereocenters. The highest BCUT2D eigenvalue weighted by atomic mass is 32.2. The van der Waals surface area contributed by atoms with Crippen molar-refractivity contribution in [3.8, 4) is 0 Å². The van der Waals surface area contributed by atoms with Crippen LogP contribution >= 0.6 is 0 Å². The van der Waals surface area contributed by atoms with Crippen LogP contribution in [-0.2, 0) is 19.1 Å². The Bertz CT molecular complexity index is 629. The molecule has 1 unspecified atom stereocenters. The van der Waals surface area contributed by atoms with E-state index in [4.69, 9.17) is 4.18 Å². The third-order valence-corrected chi connectivity index (χ3v) is 4.98. The van der Waals surface area contributed by atoms with E-state index in [0.717, 1.165) is 5.56 Å². The van der Waals surface area contributed by atoms with Gasteiger partial charge in [0.1, 0.15) is 5.78 Å². The lowest BCUT2D eigenvalue weighted by atomic mass is 9.80. The van der Waals surface area contributed by atoms with Crippen LogP contribution in [0.15, 0.2) is 29.2 Å². The van der Waals surface area contributed by atoms with Crippen molar-refractivity contribution < 1.29 is 22.4 Å². The highest BCUT2D eigenvalue weighted by Gasteiger charge is 2.30. The summed E-state index contributed by atoms with van der Waals surface area (Å²) in [5.41, 5.74) is 0.962. The van der Waals surface area contributed by atoms with Crippen LogP contribution in [0.5, 0.6) is 0 Å². The molecule has 0 amide bonds. The van der Waals surface area contributed by atoms with Crippen LogP contribution in [0.4, 0.5) is 0 Å². The predicted molar refractivity (Wildman–Crippen MR) is 82.8 cm³/mol. The molecule has 0 radical (unpaired) electrons. The number of carbonyl (C=O) groups is 1. The number of nitrogens with zero attached hydrogens (tertiary/aromatic N) is 1. The van der Waals surface area contributed by atoms with Crippen molar-refractivity contribution in [2.75, 3.05) is 19.7 Å². The number of carbonyl (C=O) groups excluding carboxylic acids is 1. The van der Waals surface area contributed by atoms with Crippen molar-refractivity contribution in [3.63, 3.8) is 0 Å². The molecule has 1 fully saturated rings. The Labute approximate surface area is 131 Å². The fourth-order valence-corrected chi connectivity index (χ4v) is 3.41. The summed E-state index contributed by atoms with van der Waals surface area (Å²) in [4.78, 5) is 13.4. The van der Waals surface area contributed by atoms with E-state index < -0.39 is 17.2 Å². The van der Waals surface area contributed by atoms with Gasteiger partial charge < -0.3 is 9.83 Å². The second-order valence-corrected chi connectivity index (χ2v) is 7.34. The van der Waals surface area contributed by atoms with Gasteiger partial charge in [-0.3, -0.25) is 8.98 Å². The van der Waals surface area contributed by atoms with Gasteiger partial charge in [-0.25, -0.2) is 0 Å². The molecule has 1 N–H and O–H groups in total. The first-order chi connectivity index (χ1) is 10.3. The number of hydrogen-bond donors (Lipinski definition) is 1. The van der Waals surface area contributed by atoms with Crippen molar-refractivity contribution in [1.82, 2.24) is 4.81 Å². The predicted octanol–water partition coefficient (Wildman–Crippen LogP) is 0.702. The SMILES string of the molecule is CB(O)N1CC(=O)CC(COS(=O)(=O)c2ccc(C)cc2)C1. The van der Waals surface area contributed by atoms with Gasteiger partial charge in [0.25, 0.3) is 10.1 Å². The van der Waals surface area contributed by atoms with E-state index >= 15 is 0 Å². The lowest BCUT2D eigenvalue weighted by Gasteiger charge is -2.32. The summed E-state index contributed by atoms with van der Waals surface area (Å²) in [6, 6.07) is 6.41. The summed E-state index contributed by atoms with van der Waals surface area (Å²) in [7, 11) is -4.56. The Kier molecular flexibility index (Phi) is 5.39. The van der Waals surface area contributed by atoms with Crippen LogP contribution in [0, 0.1) is 12.8 Å². The van der Waals surface area contributed by atoms with Crippen molar-refractivity contribution in [2.45, 2.75) is 25.1 Å². The maximum Gasteiger partial charge on any atom is 0.376 e. The van der Waals surface area contributed by atoms with Gasteiger partial charge in [-0.15, -0.1) is 0 Å². The Morgan fingerprint density at radius 3 is 2.59 bits per heavy atom. The molecule has 1 aromatic rings. The van der Waals surface area contributed by atoms with E-state index in [1.165, 1.54) is 12.1 Å². The van der Waals surface area contributed by atoms with Crippen LogP contribution in [-0.4, -0.2) is 50.8 Å². The topological polar surface area (TPSA) is 83.9 Å². The van der Waals surface area contributed by atoms with Gasteiger partial charge >= 0.3 is 7.05 Å². The van der Waals surface area contributed by atoms with Crippen molar-refractivity contribution >= 4 is 23.0 Å². The molecule has 0 bridgehead atoms. The zero-order valence-corrected chi connectivity index (χ0v) is 13.5. The van der Waals surface area contributed by atoms with Gasteiger partial charge in [-0.05, 0) is 32.4 Å². The highest BCUT2D eigenvalue weighted by molar-refractivity contribution is 7.86. The molecule has 0 aliphatic carbocycles. The van der Waals surface area contributed by atoms with Crippen LogP contribution in [0.2, 0.25) is 6.82 Å². The number of rotatable bonds is 5. The van der Waals surface area contributed by atoms with Gasteiger partial charge in [0.15, 0.2) is 0 Å². The minimum absolute atomic E-state index is 0.0199. The van der Waals surface area contributed by atoms with E-state index in [0.29, 0.717) is 6.54 Å². The first-order valence-corrected chi connectivity index (χ1v) is 8.58. The molecule has 1 saturated heterocycles. The van der Waals surface area contributed by atoms with E-state index in [1.807, 2.05) is 6.92 Å². The molecular weight excluding hydrogens is 305 g/mol. The van der Waals surface area contributed by atoms with Crippen molar-refractivity contribution in [3.05, 3.63) is 29.8 Å². The molecule has 1 heterocycles. The smallest absolute Gasteiger partial charge is 0.376 e. The fraction of sp³-hybridized carbons (Fsp3) is 0.500. The Balaban J connectivity index is 1.99. The molecule has 1 aliphatic rings. The standard InChI is InChI=1S/C14H20BNO5S/c1-11-3-5-14(6-4-11)22(19,20)21-10-12-7-13(17)9-16(8-12)15(2)18/h3-6,12,18H,7-10H2,1-2H3. The second-order valence-electron chi connectivity index (χ2n) is 5.72. The summed E-state index contributed by atoms with van der Waals surface area (Å²) in [6.07, 6.45) is 0.270. The quantitative estimate of drug-likeness (QED) is 0.634. The first-order valence-electron chi connectivity index (χ1n) is 7.18. The van der Waals surface area contributed by atoms with E-state index in [-0.39, 0.29) is 36.2 Å². The van der Waals surface area contributed by atoms with Crippen molar-refractivity contribution in [2.24, 2.45) is 5.92 Å². The number of piperidine rings is 1. The average Bonchev–Trinajstić information content (AvgIpc) is 2.45. The second kappa shape index (κ2) is 6.91. The summed E-state index contributed by atoms with van der Waals surface area (Å²) in [5, 5.41) is 9.56. The normalized spacial score (nSPS) is 20.1. The van der Waals surface area contributed by atoms with E-state index in [2.05, 4.69) is 0 Å². The number of aryl methyl sites for hydroxylation is 1. The van der Waals surface area contributed by atoms with E-state index in [1.54, 1.807) is 23.8 Å². The third-order valence-electron chi connectivity index (χ3n) is 3.69. The molecule has 22 heavy (non-hydrogen) atoms. The zero-order valence-electron chi connectivity index (χ0n) is 12.7. The summed E-state index contributed by atoms with van der Waals surface area (Å²) >= 11 is 0. The van der Waals surface area contributed by atoms with Gasteiger partial charge in [0, 0.05) is 18.9 Å². The summed E-state index contributed by atoms with van der Waals surface area (Å²) in [5.74, 6) is -0.260. The summed E-state index contributed by atoms with van der Waals surface area (Å²) < 4.78 is 29.3. The highest BCUT2D eigenvalue weighted by Crippen LogP contribution is 2.19. The number of benzene rings is 1. The molecule has 8 heteroatoms. The van der Waals surface area contributed by atoms with Gasteiger partial charge in [0.2, 0.25) is 0 Å². The number of Topliss-reactive ketones (excluding diaryl/α,β-unsaturated/α-hetero) is 1. The zero-order chi connectivity index (χ0) is 16.3. The Morgan fingerprint density at radius 2 is 2.00 bits per heavy atom. The van der Waals surface area contributed by atoms with Crippen LogP contribution in [0.3, 0.4) is 0 Å². The molecule has 1 aromatic carbocycles. The lowest BCUT2D eigenvalue weighted by molar-refractivity contribution is -0.122. The molecular formula is C14H20BNO5S. The fourth-order valence-electron chi connectivity index (χ4n) is 2.43. The molecule has 6 nitrogen and oxygen atoms in total. The lowest BCUT2D eigenvalue weighted by Crippen LogP contribution is -2.49. The molecule has 0 saturated carbocycles. The summed E-state index contributed by atoms with van der Waals surface area (Å²) in [6.45, 7) is 4.02. The Hall–Kier alpha value is -1.22. The van der Waals surface area contributed by atoms with Crippen LogP contribution < -0.4 is 0 Å².